The Balaban J connectivity index is 1.53. The molecule has 0 radical (unpaired) electrons. The Bertz CT molecular complexity index is 1010. The number of nitrogens with one attached hydrogen (secondary N) is 1. The van der Waals surface area contributed by atoms with Gasteiger partial charge in [0.05, 0.1) is 17.2 Å². The highest BCUT2D eigenvalue weighted by Gasteiger charge is 2.07. The molecule has 0 atom stereocenters. The Kier molecular flexibility index (Phi) is 6.01. The Morgan fingerprint density at radius 3 is 2.82 bits per heavy atom. The Labute approximate surface area is 161 Å². The van der Waals surface area contributed by atoms with Crippen molar-refractivity contribution >= 4 is 23.3 Å². The summed E-state index contributed by atoms with van der Waals surface area (Å²) in [7, 11) is 0. The molecule has 8 nitrogen and oxygen atoms in total. The van der Waals surface area contributed by atoms with Gasteiger partial charge in [-0.3, -0.25) is 14.9 Å². The Morgan fingerprint density at radius 1 is 1.32 bits per heavy atom. The van der Waals surface area contributed by atoms with Crippen molar-refractivity contribution in [2.45, 2.75) is 13.3 Å². The second-order valence-electron chi connectivity index (χ2n) is 5.99. The molecule has 1 amide bonds. The number of nitro benzene ring substituents is 1. The monoisotopic (exact) mass is 380 g/mol. The van der Waals surface area contributed by atoms with E-state index in [-0.39, 0.29) is 11.6 Å². The summed E-state index contributed by atoms with van der Waals surface area (Å²) < 4.78 is 7.47. The molecule has 1 aromatic carbocycles. The molecule has 144 valence electrons. The van der Waals surface area contributed by atoms with Gasteiger partial charge in [-0.15, -0.1) is 0 Å². The van der Waals surface area contributed by atoms with Crippen molar-refractivity contribution in [3.8, 4) is 5.75 Å². The van der Waals surface area contributed by atoms with Crippen LogP contribution < -0.4 is 10.1 Å². The number of nitro groups is 1. The van der Waals surface area contributed by atoms with Crippen molar-refractivity contribution in [2.75, 3.05) is 13.2 Å². The van der Waals surface area contributed by atoms with E-state index in [0.717, 1.165) is 17.1 Å². The van der Waals surface area contributed by atoms with Gasteiger partial charge in [-0.1, -0.05) is 0 Å². The first-order valence-corrected chi connectivity index (χ1v) is 8.86. The van der Waals surface area contributed by atoms with Crippen molar-refractivity contribution in [1.82, 2.24) is 14.7 Å². The van der Waals surface area contributed by atoms with Gasteiger partial charge < -0.3 is 14.5 Å². The maximum absolute atomic E-state index is 11.9. The summed E-state index contributed by atoms with van der Waals surface area (Å²) in [5, 5.41) is 13.4. The lowest BCUT2D eigenvalue weighted by Crippen LogP contribution is -2.23. The van der Waals surface area contributed by atoms with Gasteiger partial charge in [-0.05, 0) is 42.8 Å². The molecule has 2 heterocycles. The zero-order chi connectivity index (χ0) is 19.9. The summed E-state index contributed by atoms with van der Waals surface area (Å²) in [5.74, 6) is 0.489. The molecular weight excluding hydrogens is 360 g/mol. The number of rotatable bonds is 8. The van der Waals surface area contributed by atoms with E-state index in [0.29, 0.717) is 25.1 Å². The molecular formula is C20H20N4O4. The standard InChI is InChI=1S/C20H20N4O4/c1-2-28-18-4-3-13-23-14-16(22-20(18)23)11-12-21-19(25)10-7-15-5-8-17(9-6-15)24(26)27/h3-10,13-14H,2,11-12H2,1H3,(H,21,25)/b10-7+. The van der Waals surface area contributed by atoms with E-state index in [1.54, 1.807) is 18.2 Å². The first-order valence-electron chi connectivity index (χ1n) is 8.86. The van der Waals surface area contributed by atoms with Gasteiger partial charge in [0.15, 0.2) is 11.4 Å². The number of fused-ring (bicyclic) bond motifs is 1. The molecule has 0 aliphatic carbocycles. The molecule has 0 unspecified atom stereocenters. The third-order valence-corrected chi connectivity index (χ3v) is 4.01. The van der Waals surface area contributed by atoms with Crippen LogP contribution in [0.15, 0.2) is 54.9 Å². The van der Waals surface area contributed by atoms with E-state index in [9.17, 15) is 14.9 Å². The normalized spacial score (nSPS) is 11.0. The van der Waals surface area contributed by atoms with Crippen molar-refractivity contribution in [1.29, 1.82) is 0 Å². The van der Waals surface area contributed by atoms with Gasteiger partial charge in [-0.2, -0.15) is 0 Å². The van der Waals surface area contributed by atoms with Gasteiger partial charge in [-0.25, -0.2) is 4.98 Å². The molecule has 0 aliphatic heterocycles. The lowest BCUT2D eigenvalue weighted by Gasteiger charge is -2.03. The van der Waals surface area contributed by atoms with Crippen LogP contribution in [-0.2, 0) is 11.2 Å². The summed E-state index contributed by atoms with van der Waals surface area (Å²) in [6.45, 7) is 2.93. The van der Waals surface area contributed by atoms with Crippen LogP contribution in [0, 0.1) is 10.1 Å². The number of hydrogen-bond donors (Lipinski definition) is 1. The fourth-order valence-corrected chi connectivity index (χ4v) is 2.68. The number of imidazole rings is 1. The zero-order valence-electron chi connectivity index (χ0n) is 15.4. The van der Waals surface area contributed by atoms with E-state index in [2.05, 4.69) is 10.3 Å². The minimum Gasteiger partial charge on any atom is -0.490 e. The molecule has 0 spiro atoms. The van der Waals surface area contributed by atoms with E-state index in [4.69, 9.17) is 4.74 Å². The summed E-state index contributed by atoms with van der Waals surface area (Å²) in [6, 6.07) is 9.76. The second kappa shape index (κ2) is 8.81. The molecule has 3 aromatic rings. The molecule has 0 saturated heterocycles. The van der Waals surface area contributed by atoms with Crippen LogP contribution >= 0.6 is 0 Å². The number of aromatic nitrogens is 2. The van der Waals surface area contributed by atoms with Crippen LogP contribution in [0.1, 0.15) is 18.2 Å². The third kappa shape index (κ3) is 4.73. The predicted octanol–water partition coefficient (Wildman–Crippen LogP) is 3.01. The Hall–Kier alpha value is -3.68. The molecule has 0 fully saturated rings. The maximum Gasteiger partial charge on any atom is 0.269 e. The lowest BCUT2D eigenvalue weighted by atomic mass is 10.2. The van der Waals surface area contributed by atoms with E-state index >= 15 is 0 Å². The fourth-order valence-electron chi connectivity index (χ4n) is 2.68. The zero-order valence-corrected chi connectivity index (χ0v) is 15.4. The second-order valence-corrected chi connectivity index (χ2v) is 5.99. The van der Waals surface area contributed by atoms with Crippen molar-refractivity contribution in [2.24, 2.45) is 0 Å². The highest BCUT2D eigenvalue weighted by atomic mass is 16.6. The smallest absolute Gasteiger partial charge is 0.269 e. The number of pyridine rings is 1. The van der Waals surface area contributed by atoms with Crippen LogP contribution in [0.4, 0.5) is 5.69 Å². The lowest BCUT2D eigenvalue weighted by molar-refractivity contribution is -0.384. The first-order chi connectivity index (χ1) is 13.6. The number of ether oxygens (including phenoxy) is 1. The van der Waals surface area contributed by atoms with Crippen LogP contribution in [0.2, 0.25) is 0 Å². The van der Waals surface area contributed by atoms with Gasteiger partial charge in [0.1, 0.15) is 0 Å². The van der Waals surface area contributed by atoms with E-state index in [1.807, 2.05) is 35.9 Å². The number of benzene rings is 1. The minimum absolute atomic E-state index is 0.0153. The first kappa shape index (κ1) is 19.1. The molecule has 0 aliphatic rings. The average Bonchev–Trinajstić information content (AvgIpc) is 3.11. The summed E-state index contributed by atoms with van der Waals surface area (Å²) >= 11 is 0. The highest BCUT2D eigenvalue weighted by Crippen LogP contribution is 2.19. The predicted molar refractivity (Wildman–Crippen MR) is 105 cm³/mol. The van der Waals surface area contributed by atoms with Gasteiger partial charge >= 0.3 is 0 Å². The molecule has 0 bridgehead atoms. The Morgan fingerprint density at radius 2 is 2.11 bits per heavy atom. The number of carbonyl (C=O) groups is 1. The van der Waals surface area contributed by atoms with Crippen LogP contribution in [-0.4, -0.2) is 33.4 Å². The van der Waals surface area contributed by atoms with Gasteiger partial charge in [0.2, 0.25) is 5.91 Å². The van der Waals surface area contributed by atoms with Crippen LogP contribution in [0.5, 0.6) is 5.75 Å². The van der Waals surface area contributed by atoms with E-state index in [1.165, 1.54) is 18.2 Å². The SMILES string of the molecule is CCOc1cccn2cc(CCNC(=O)/C=C/c3ccc([N+](=O)[O-])cc3)nc12. The number of carbonyl (C=O) groups excluding carboxylic acids is 1. The largest absolute Gasteiger partial charge is 0.490 e. The summed E-state index contributed by atoms with van der Waals surface area (Å²) in [4.78, 5) is 26.7. The fraction of sp³-hybridized carbons (Fsp3) is 0.200. The number of nitrogens with zero attached hydrogens (tertiary/aromatic N) is 3. The highest BCUT2D eigenvalue weighted by molar-refractivity contribution is 5.91. The van der Waals surface area contributed by atoms with Crippen molar-refractivity contribution in [3.63, 3.8) is 0 Å². The summed E-state index contributed by atoms with van der Waals surface area (Å²) in [6.07, 6.45) is 7.41. The minimum atomic E-state index is -0.461. The van der Waals surface area contributed by atoms with Crippen molar-refractivity contribution in [3.05, 3.63) is 76.2 Å². The van der Waals surface area contributed by atoms with Crippen LogP contribution in [0.25, 0.3) is 11.7 Å². The molecule has 0 saturated carbocycles. The third-order valence-electron chi connectivity index (χ3n) is 4.01. The molecule has 2 aromatic heterocycles. The van der Waals surface area contributed by atoms with Gasteiger partial charge in [0.25, 0.3) is 5.69 Å². The summed E-state index contributed by atoms with van der Waals surface area (Å²) in [5.41, 5.74) is 2.33. The van der Waals surface area contributed by atoms with Crippen LogP contribution in [0.3, 0.4) is 0 Å². The number of non-ortho nitro benzene ring substituents is 1. The van der Waals surface area contributed by atoms with Crippen molar-refractivity contribution < 1.29 is 14.5 Å². The number of hydrogen-bond acceptors (Lipinski definition) is 5. The van der Waals surface area contributed by atoms with E-state index < -0.39 is 4.92 Å². The van der Waals surface area contributed by atoms with Gasteiger partial charge in [0, 0.05) is 43.6 Å². The quantitative estimate of drug-likeness (QED) is 0.368. The molecule has 8 heteroatoms. The average molecular weight is 380 g/mol. The molecule has 1 N–H and O–H groups in total. The maximum atomic E-state index is 11.9. The number of amides is 1. The molecule has 3 rings (SSSR count). The molecule has 28 heavy (non-hydrogen) atoms. The topological polar surface area (TPSA) is 98.8 Å².